The van der Waals surface area contributed by atoms with Crippen molar-refractivity contribution < 1.29 is 4.79 Å². The molecular weight excluding hydrogens is 372 g/mol. The van der Waals surface area contributed by atoms with Gasteiger partial charge in [0.15, 0.2) is 5.65 Å². The van der Waals surface area contributed by atoms with Crippen LogP contribution in [0.15, 0.2) is 72.9 Å². The minimum atomic E-state index is -0.00641. The second-order valence-electron chi connectivity index (χ2n) is 7.92. The molecule has 5 nitrogen and oxygen atoms in total. The highest BCUT2D eigenvalue weighted by Crippen LogP contribution is 2.43. The number of pyridine rings is 1. The normalized spacial score (nSPS) is 13.5. The number of para-hydroxylation sites is 1. The van der Waals surface area contributed by atoms with Crippen molar-refractivity contribution in [3.8, 4) is 0 Å². The molecule has 0 unspecified atom stereocenters. The van der Waals surface area contributed by atoms with Gasteiger partial charge in [-0.25, -0.2) is 9.67 Å². The molecular formula is C25H24N4O. The van der Waals surface area contributed by atoms with Crippen LogP contribution in [0.3, 0.4) is 0 Å². The molecule has 5 rings (SSSR count). The lowest BCUT2D eigenvalue weighted by molar-refractivity contribution is -0.119. The number of hydrogen-bond acceptors (Lipinski definition) is 3. The van der Waals surface area contributed by atoms with Crippen molar-refractivity contribution in [1.29, 1.82) is 0 Å². The predicted molar refractivity (Wildman–Crippen MR) is 118 cm³/mol. The summed E-state index contributed by atoms with van der Waals surface area (Å²) in [5.74, 6) is 0.606. The first-order valence-electron chi connectivity index (χ1n) is 10.4. The first kappa shape index (κ1) is 18.6. The van der Waals surface area contributed by atoms with Crippen LogP contribution in [0.25, 0.3) is 11.0 Å². The minimum Gasteiger partial charge on any atom is -0.306 e. The maximum Gasteiger partial charge on any atom is 0.249 e. The zero-order chi connectivity index (χ0) is 20.5. The van der Waals surface area contributed by atoms with Gasteiger partial charge in [0.2, 0.25) is 5.91 Å². The number of nitrogens with zero attached hydrogens (tertiary/aromatic N) is 4. The molecule has 0 aliphatic heterocycles. The Kier molecular flexibility index (Phi) is 4.79. The van der Waals surface area contributed by atoms with Crippen LogP contribution in [0.5, 0.6) is 0 Å². The summed E-state index contributed by atoms with van der Waals surface area (Å²) in [4.78, 5) is 19.8. The Bertz CT molecular complexity index is 1180. The van der Waals surface area contributed by atoms with Crippen LogP contribution in [0.2, 0.25) is 0 Å². The minimum absolute atomic E-state index is 0.00641. The highest BCUT2D eigenvalue weighted by atomic mass is 16.2. The Morgan fingerprint density at radius 1 is 1.03 bits per heavy atom. The molecule has 0 bridgehead atoms. The topological polar surface area (TPSA) is 51.0 Å². The lowest BCUT2D eigenvalue weighted by atomic mass is 10.1. The lowest BCUT2D eigenvalue weighted by Crippen LogP contribution is -2.33. The highest BCUT2D eigenvalue weighted by molar-refractivity contribution is 5.94. The van der Waals surface area contributed by atoms with E-state index in [1.165, 1.54) is 18.4 Å². The molecule has 2 aromatic heterocycles. The third kappa shape index (κ3) is 3.59. The summed E-state index contributed by atoms with van der Waals surface area (Å²) in [6, 6.07) is 22.0. The zero-order valence-corrected chi connectivity index (χ0v) is 17.0. The van der Waals surface area contributed by atoms with E-state index >= 15 is 0 Å². The van der Waals surface area contributed by atoms with Crippen molar-refractivity contribution in [2.45, 2.75) is 38.8 Å². The number of carbonyl (C=O) groups is 1. The summed E-state index contributed by atoms with van der Waals surface area (Å²) in [6.07, 6.45) is 4.29. The summed E-state index contributed by atoms with van der Waals surface area (Å²) in [5.41, 5.74) is 5.04. The summed E-state index contributed by atoms with van der Waals surface area (Å²) in [7, 11) is 0. The average Bonchev–Trinajstić information content (AvgIpc) is 3.58. The van der Waals surface area contributed by atoms with Crippen LogP contribution in [0.1, 0.15) is 35.6 Å². The van der Waals surface area contributed by atoms with Gasteiger partial charge in [-0.05, 0) is 55.0 Å². The Morgan fingerprint density at radius 2 is 1.73 bits per heavy atom. The van der Waals surface area contributed by atoms with Crippen LogP contribution in [-0.2, 0) is 17.9 Å². The van der Waals surface area contributed by atoms with Crippen LogP contribution in [0.4, 0.5) is 5.69 Å². The number of hydrogen-bond donors (Lipinski definition) is 0. The van der Waals surface area contributed by atoms with Gasteiger partial charge in [0, 0.05) is 17.3 Å². The summed E-state index contributed by atoms with van der Waals surface area (Å²) < 4.78 is 1.76. The quantitative estimate of drug-likeness (QED) is 0.468. The first-order valence-corrected chi connectivity index (χ1v) is 10.4. The van der Waals surface area contributed by atoms with Crippen molar-refractivity contribution in [3.63, 3.8) is 0 Å². The van der Waals surface area contributed by atoms with Crippen LogP contribution >= 0.6 is 0 Å². The predicted octanol–water partition coefficient (Wildman–Crippen LogP) is 4.85. The molecule has 2 aromatic carbocycles. The smallest absolute Gasteiger partial charge is 0.249 e. The van der Waals surface area contributed by atoms with E-state index in [1.54, 1.807) is 4.68 Å². The number of carbonyl (C=O) groups excluding carboxylic acids is 1. The van der Waals surface area contributed by atoms with Crippen molar-refractivity contribution in [2.24, 2.45) is 0 Å². The summed E-state index contributed by atoms with van der Waals surface area (Å²) in [5, 5.41) is 5.80. The Balaban J connectivity index is 1.48. The third-order valence-corrected chi connectivity index (χ3v) is 5.69. The number of anilines is 1. The highest BCUT2D eigenvalue weighted by Gasteiger charge is 2.28. The van der Waals surface area contributed by atoms with Crippen LogP contribution in [-0.4, -0.2) is 20.7 Å². The number of benzene rings is 2. The fourth-order valence-corrected chi connectivity index (χ4v) is 4.07. The van der Waals surface area contributed by atoms with Gasteiger partial charge in [-0.1, -0.05) is 48.5 Å². The second kappa shape index (κ2) is 7.75. The molecule has 150 valence electrons. The number of aromatic nitrogens is 3. The number of aryl methyl sites for hydroxylation is 1. The average molecular weight is 396 g/mol. The summed E-state index contributed by atoms with van der Waals surface area (Å²) in [6.45, 7) is 2.69. The maximum absolute atomic E-state index is 13.4. The molecule has 1 saturated carbocycles. The van der Waals surface area contributed by atoms with E-state index in [9.17, 15) is 4.79 Å². The van der Waals surface area contributed by atoms with E-state index in [4.69, 9.17) is 5.10 Å². The van der Waals surface area contributed by atoms with E-state index in [0.29, 0.717) is 12.5 Å². The van der Waals surface area contributed by atoms with Gasteiger partial charge in [-0.15, -0.1) is 0 Å². The molecule has 5 heteroatoms. The largest absolute Gasteiger partial charge is 0.306 e. The fraction of sp³-hybridized carbons (Fsp3) is 0.240. The molecule has 4 aromatic rings. The molecule has 30 heavy (non-hydrogen) atoms. The molecule has 1 amide bonds. The third-order valence-electron chi connectivity index (χ3n) is 5.69. The van der Waals surface area contributed by atoms with Gasteiger partial charge in [0.05, 0.1) is 12.2 Å². The van der Waals surface area contributed by atoms with E-state index in [-0.39, 0.29) is 12.5 Å². The van der Waals surface area contributed by atoms with Gasteiger partial charge in [-0.2, -0.15) is 5.10 Å². The van der Waals surface area contributed by atoms with Gasteiger partial charge in [-0.3, -0.25) is 4.79 Å². The molecule has 0 atom stereocenters. The van der Waals surface area contributed by atoms with Crippen molar-refractivity contribution >= 4 is 22.6 Å². The van der Waals surface area contributed by atoms with E-state index in [1.807, 2.05) is 78.7 Å². The molecule has 2 heterocycles. The van der Waals surface area contributed by atoms with Gasteiger partial charge in [0.25, 0.3) is 0 Å². The van der Waals surface area contributed by atoms with Crippen molar-refractivity contribution in [1.82, 2.24) is 14.8 Å². The van der Waals surface area contributed by atoms with E-state index in [2.05, 4.69) is 11.1 Å². The standard InChI is InChI=1S/C25H24N4O/c1-18-24-22(20-12-13-20)14-15-26-25(24)29(27-18)17-23(30)28(21-10-6-3-7-11-21)16-19-8-4-2-5-9-19/h2-11,14-15,20H,12-13,16-17H2,1H3. The molecule has 0 radical (unpaired) electrons. The first-order chi connectivity index (χ1) is 14.7. The number of amides is 1. The Morgan fingerprint density at radius 3 is 2.43 bits per heavy atom. The number of fused-ring (bicyclic) bond motifs is 1. The van der Waals surface area contributed by atoms with Crippen molar-refractivity contribution in [2.75, 3.05) is 4.90 Å². The SMILES string of the molecule is Cc1nn(CC(=O)N(Cc2ccccc2)c2ccccc2)c2nccc(C3CC3)c12. The molecule has 0 spiro atoms. The number of rotatable bonds is 6. The molecule has 1 aliphatic rings. The summed E-state index contributed by atoms with van der Waals surface area (Å²) >= 11 is 0. The fourth-order valence-electron chi connectivity index (χ4n) is 4.07. The zero-order valence-electron chi connectivity index (χ0n) is 17.0. The Hall–Kier alpha value is -3.47. The van der Waals surface area contributed by atoms with E-state index < -0.39 is 0 Å². The Labute approximate surface area is 176 Å². The molecule has 1 fully saturated rings. The van der Waals surface area contributed by atoms with Crippen LogP contribution in [0, 0.1) is 6.92 Å². The van der Waals surface area contributed by atoms with E-state index in [0.717, 1.165) is 28.0 Å². The van der Waals surface area contributed by atoms with Crippen molar-refractivity contribution in [3.05, 3.63) is 89.7 Å². The maximum atomic E-state index is 13.4. The molecule has 0 saturated heterocycles. The monoisotopic (exact) mass is 396 g/mol. The molecule has 1 aliphatic carbocycles. The van der Waals surface area contributed by atoms with Gasteiger partial charge < -0.3 is 4.90 Å². The van der Waals surface area contributed by atoms with Crippen LogP contribution < -0.4 is 4.90 Å². The van der Waals surface area contributed by atoms with Gasteiger partial charge in [0.1, 0.15) is 6.54 Å². The van der Waals surface area contributed by atoms with Gasteiger partial charge >= 0.3 is 0 Å². The second-order valence-corrected chi connectivity index (χ2v) is 7.92. The molecule has 0 N–H and O–H groups in total. The lowest BCUT2D eigenvalue weighted by Gasteiger charge is -2.23.